The number of para-hydroxylation sites is 1. The van der Waals surface area contributed by atoms with Gasteiger partial charge in [0.2, 0.25) is 5.91 Å². The van der Waals surface area contributed by atoms with Crippen molar-refractivity contribution in [2.45, 2.75) is 32.7 Å². The normalized spacial score (nSPS) is 18.2. The van der Waals surface area contributed by atoms with E-state index in [4.69, 9.17) is 4.11 Å². The Labute approximate surface area is 207 Å². The summed E-state index contributed by atoms with van der Waals surface area (Å²) in [5, 5.41) is 16.4. The Kier molecular flexibility index (Phi) is 4.81. The van der Waals surface area contributed by atoms with Gasteiger partial charge in [-0.1, -0.05) is 6.07 Å². The van der Waals surface area contributed by atoms with Gasteiger partial charge in [-0.05, 0) is 32.4 Å². The fourth-order valence-electron chi connectivity index (χ4n) is 4.71. The van der Waals surface area contributed by atoms with E-state index in [-0.39, 0.29) is 29.1 Å². The maximum absolute atomic E-state index is 12.9. The molecule has 3 N–H and O–H groups in total. The Balaban J connectivity index is 1.55. The van der Waals surface area contributed by atoms with E-state index in [1.807, 2.05) is 42.4 Å². The lowest BCUT2D eigenvalue weighted by Gasteiger charge is -2.39. The fourth-order valence-corrected chi connectivity index (χ4v) is 4.71. The molecule has 4 heterocycles. The van der Waals surface area contributed by atoms with E-state index < -0.39 is 12.9 Å². The fraction of sp³-hybridized carbons (Fsp3) is 0.333. The van der Waals surface area contributed by atoms with Gasteiger partial charge in [0.1, 0.15) is 11.6 Å². The molecular formula is C24H27N9O2. The maximum Gasteiger partial charge on any atom is 0.273 e. The molecule has 180 valence electrons. The van der Waals surface area contributed by atoms with Gasteiger partial charge in [0.05, 0.1) is 28.8 Å². The molecule has 1 atom stereocenters. The maximum atomic E-state index is 12.9. The summed E-state index contributed by atoms with van der Waals surface area (Å²) in [6.07, 6.45) is 1.30. The smallest absolute Gasteiger partial charge is 0.273 e. The van der Waals surface area contributed by atoms with Crippen LogP contribution in [0, 0.1) is 13.8 Å². The summed E-state index contributed by atoms with van der Waals surface area (Å²) in [7, 11) is 1.95. The zero-order valence-corrected chi connectivity index (χ0v) is 19.6. The van der Waals surface area contributed by atoms with Gasteiger partial charge in [-0.3, -0.25) is 9.59 Å². The highest BCUT2D eigenvalue weighted by atomic mass is 16.2. The van der Waals surface area contributed by atoms with E-state index in [2.05, 4.69) is 35.7 Å². The summed E-state index contributed by atoms with van der Waals surface area (Å²) in [5.74, 6) is 0.509. The predicted octanol–water partition coefficient (Wildman–Crippen LogP) is 2.68. The highest BCUT2D eigenvalue weighted by Gasteiger charge is 2.39. The van der Waals surface area contributed by atoms with Crippen LogP contribution in [-0.2, 0) is 4.79 Å². The largest absolute Gasteiger partial charge is 0.369 e. The molecule has 0 bridgehead atoms. The summed E-state index contributed by atoms with van der Waals surface area (Å²) in [6, 6.07) is 8.95. The summed E-state index contributed by atoms with van der Waals surface area (Å²) in [5.41, 5.74) is 2.97. The van der Waals surface area contributed by atoms with Gasteiger partial charge in [0.25, 0.3) is 5.91 Å². The Morgan fingerprint density at radius 1 is 1.11 bits per heavy atom. The molecule has 3 aromatic rings. The van der Waals surface area contributed by atoms with Crippen molar-refractivity contribution in [3.63, 3.8) is 0 Å². The third-order valence-electron chi connectivity index (χ3n) is 6.08. The molecule has 0 unspecified atom stereocenters. The number of nitrogens with zero attached hydrogens (tertiary/aromatic N) is 6. The van der Waals surface area contributed by atoms with Crippen LogP contribution < -0.4 is 25.8 Å². The van der Waals surface area contributed by atoms with E-state index in [1.54, 1.807) is 19.1 Å². The van der Waals surface area contributed by atoms with Crippen LogP contribution >= 0.6 is 0 Å². The van der Waals surface area contributed by atoms with E-state index in [0.29, 0.717) is 30.3 Å². The summed E-state index contributed by atoms with van der Waals surface area (Å²) < 4.78 is 22.3. The third kappa shape index (κ3) is 4.20. The molecule has 5 rings (SSSR count). The summed E-state index contributed by atoms with van der Waals surface area (Å²) in [4.78, 5) is 38.0. The number of benzene rings is 1. The Morgan fingerprint density at radius 3 is 2.77 bits per heavy atom. The molecule has 2 aromatic heterocycles. The number of rotatable bonds is 5. The predicted molar refractivity (Wildman–Crippen MR) is 134 cm³/mol. The van der Waals surface area contributed by atoms with Crippen molar-refractivity contribution in [2.75, 3.05) is 41.0 Å². The molecule has 11 nitrogen and oxygen atoms in total. The number of nitrogens with one attached hydrogen (secondary N) is 3. The molecule has 0 spiro atoms. The molecule has 1 fully saturated rings. The number of hydrogen-bond acceptors (Lipinski definition) is 9. The van der Waals surface area contributed by atoms with Crippen LogP contribution in [0.15, 0.2) is 30.3 Å². The first-order valence-corrected chi connectivity index (χ1v) is 11.2. The number of carbonyl (C=O) groups is 2. The monoisotopic (exact) mass is 476 g/mol. The minimum atomic E-state index is -2.71. The van der Waals surface area contributed by atoms with Crippen LogP contribution in [0.2, 0.25) is 0 Å². The van der Waals surface area contributed by atoms with Crippen LogP contribution in [0.3, 0.4) is 0 Å². The Morgan fingerprint density at radius 2 is 1.97 bits per heavy atom. The van der Waals surface area contributed by atoms with Gasteiger partial charge >= 0.3 is 0 Å². The topological polar surface area (TPSA) is 128 Å². The summed E-state index contributed by atoms with van der Waals surface area (Å²) in [6.45, 7) is 1.56. The van der Waals surface area contributed by atoms with Crippen LogP contribution in [0.5, 0.6) is 0 Å². The highest BCUT2D eigenvalue weighted by Crippen LogP contribution is 2.44. The lowest BCUT2D eigenvalue weighted by Crippen LogP contribution is -2.46. The minimum Gasteiger partial charge on any atom is -0.369 e. The zero-order valence-electron chi connectivity index (χ0n) is 22.6. The third-order valence-corrected chi connectivity index (χ3v) is 6.08. The van der Waals surface area contributed by atoms with Gasteiger partial charge < -0.3 is 25.8 Å². The molecule has 0 saturated carbocycles. The van der Waals surface area contributed by atoms with E-state index in [9.17, 15) is 9.59 Å². The van der Waals surface area contributed by atoms with E-state index in [1.165, 1.54) is 0 Å². The SMILES string of the molecule is [2H]C([2H])([2H])NC(=O)c1nnc(Nc2cc(C)nc(C)n2)cc1Nc1cccc2c1N(C)C[C@H]1CCC(=O)N21. The molecule has 1 aromatic carbocycles. The van der Waals surface area contributed by atoms with Crippen molar-refractivity contribution in [1.29, 1.82) is 0 Å². The molecule has 0 aliphatic carbocycles. The van der Waals surface area contributed by atoms with Crippen molar-refractivity contribution < 1.29 is 13.7 Å². The molecule has 11 heteroatoms. The lowest BCUT2D eigenvalue weighted by atomic mass is 10.1. The molecule has 2 aliphatic heterocycles. The number of amides is 2. The van der Waals surface area contributed by atoms with Gasteiger partial charge in [0.15, 0.2) is 11.5 Å². The number of aryl methyl sites for hydroxylation is 2. The van der Waals surface area contributed by atoms with Gasteiger partial charge in [0, 0.05) is 48.9 Å². The number of carbonyl (C=O) groups excluding carboxylic acids is 2. The molecule has 2 aliphatic rings. The first-order valence-electron chi connectivity index (χ1n) is 12.7. The second-order valence-corrected chi connectivity index (χ2v) is 8.65. The number of fused-ring (bicyclic) bond motifs is 3. The number of anilines is 6. The molecule has 35 heavy (non-hydrogen) atoms. The lowest BCUT2D eigenvalue weighted by molar-refractivity contribution is -0.117. The van der Waals surface area contributed by atoms with Crippen LogP contribution in [-0.4, -0.2) is 58.6 Å². The Bertz CT molecular complexity index is 1410. The standard InChI is InChI=1S/C24H27N9O2/c1-13-10-19(27-14(2)26-13)29-20-11-17(22(31-30-20)24(35)25-3)28-16-6-5-7-18-23(16)32(4)12-15-8-9-21(34)33(15)18/h5-7,10-11,15H,8-9,12H2,1-4H3,(H,25,35)(H2,26,27,28,29,30)/t15-/m1/s1/i3D3. The Hall–Kier alpha value is -4.28. The summed E-state index contributed by atoms with van der Waals surface area (Å²) >= 11 is 0. The van der Waals surface area contributed by atoms with Crippen molar-refractivity contribution in [3.05, 3.63) is 47.5 Å². The quantitative estimate of drug-likeness (QED) is 0.509. The number of aromatic nitrogens is 4. The van der Waals surface area contributed by atoms with Crippen LogP contribution in [0.25, 0.3) is 0 Å². The van der Waals surface area contributed by atoms with Gasteiger partial charge in [-0.25, -0.2) is 9.97 Å². The number of likely N-dealkylation sites (N-methyl/N-ethyl adjacent to an activating group) is 1. The average molecular weight is 477 g/mol. The zero-order chi connectivity index (χ0) is 27.2. The highest BCUT2D eigenvalue weighted by molar-refractivity contribution is 6.04. The van der Waals surface area contributed by atoms with Crippen LogP contribution in [0.4, 0.5) is 34.4 Å². The molecule has 0 radical (unpaired) electrons. The minimum absolute atomic E-state index is 0.0757. The van der Waals surface area contributed by atoms with Gasteiger partial charge in [-0.2, -0.15) is 0 Å². The van der Waals surface area contributed by atoms with Crippen molar-refractivity contribution >= 4 is 46.2 Å². The first-order chi connectivity index (χ1) is 18.0. The number of hydrogen-bond donors (Lipinski definition) is 3. The van der Waals surface area contributed by atoms with Gasteiger partial charge in [-0.15, -0.1) is 10.2 Å². The molecule has 2 amide bonds. The second-order valence-electron chi connectivity index (χ2n) is 8.65. The first kappa shape index (κ1) is 19.1. The average Bonchev–Trinajstić information content (AvgIpc) is 3.18. The van der Waals surface area contributed by atoms with Crippen molar-refractivity contribution in [1.82, 2.24) is 25.5 Å². The van der Waals surface area contributed by atoms with Crippen molar-refractivity contribution in [3.8, 4) is 0 Å². The second kappa shape index (κ2) is 8.82. The van der Waals surface area contributed by atoms with E-state index in [0.717, 1.165) is 23.5 Å². The molecule has 1 saturated heterocycles. The van der Waals surface area contributed by atoms with Crippen LogP contribution in [0.1, 0.15) is 39.0 Å². The molecular weight excluding hydrogens is 446 g/mol. The van der Waals surface area contributed by atoms with E-state index >= 15 is 0 Å². The van der Waals surface area contributed by atoms with Crippen molar-refractivity contribution in [2.24, 2.45) is 0 Å².